The van der Waals surface area contributed by atoms with Crippen molar-refractivity contribution in [3.8, 4) is 44.5 Å². The molecule has 0 unspecified atom stereocenters. The van der Waals surface area contributed by atoms with Gasteiger partial charge in [0, 0.05) is 53.9 Å². The number of hydrogen-bond acceptors (Lipinski definition) is 2. The maximum absolute atomic E-state index is 3.90. The lowest BCUT2D eigenvalue weighted by Crippen LogP contribution is -2.18. The third kappa shape index (κ3) is 9.84. The van der Waals surface area contributed by atoms with Gasteiger partial charge in [-0.25, -0.2) is 0 Å². The van der Waals surface area contributed by atoms with Gasteiger partial charge in [-0.05, 0) is 136 Å². The Hall–Kier alpha value is -6.46. The van der Waals surface area contributed by atoms with E-state index in [0.717, 1.165) is 93.1 Å². The fourth-order valence-corrected chi connectivity index (χ4v) is 9.79. The van der Waals surface area contributed by atoms with E-state index in [2.05, 4.69) is 302 Å². The number of nitrogens with zero attached hydrogens (tertiary/aromatic N) is 2. The van der Waals surface area contributed by atoms with Gasteiger partial charge in [0.15, 0.2) is 0 Å². The third-order valence-corrected chi connectivity index (χ3v) is 13.4. The van der Waals surface area contributed by atoms with Crippen LogP contribution < -0.4 is 9.80 Å². The van der Waals surface area contributed by atoms with Gasteiger partial charge in [-0.15, -0.1) is 0 Å². The van der Waals surface area contributed by atoms with Crippen molar-refractivity contribution in [2.24, 2.45) is 0 Å². The highest BCUT2D eigenvalue weighted by atomic mass is 79.9. The van der Waals surface area contributed by atoms with Crippen LogP contribution in [0.25, 0.3) is 44.5 Å². The van der Waals surface area contributed by atoms with Gasteiger partial charge in [0.1, 0.15) is 0 Å². The zero-order chi connectivity index (χ0) is 46.9. The molecule has 0 saturated carbocycles. The number of aryl methyl sites for hydroxylation is 1. The lowest BCUT2D eigenvalue weighted by Gasteiger charge is -2.35. The standard InChI is InChI=1S/C63H56Br2N2/c1-43-34-54(66(52-32-20-30-50(64)40-52)60-56(44-22-12-8-13-23-44)36-48(62(2,3)4)37-57(60)45-24-14-9-15-25-45)42-55(35-43)67(53-33-21-31-51(65)41-53)61-58(46-26-16-10-17-27-46)38-49(63(5,6)7)39-59(61)47-28-18-11-19-29-47/h8-42H,1-7H3. The van der Waals surface area contributed by atoms with E-state index in [9.17, 15) is 0 Å². The summed E-state index contributed by atoms with van der Waals surface area (Å²) in [6.45, 7) is 16.1. The van der Waals surface area contributed by atoms with Crippen molar-refractivity contribution < 1.29 is 0 Å². The average molecular weight is 1000 g/mol. The van der Waals surface area contributed by atoms with E-state index in [1.54, 1.807) is 0 Å². The smallest absolute Gasteiger partial charge is 0.0618 e. The molecule has 0 amide bonds. The van der Waals surface area contributed by atoms with Crippen LogP contribution in [0.5, 0.6) is 0 Å². The average Bonchev–Trinajstić information content (AvgIpc) is 3.32. The zero-order valence-corrected chi connectivity index (χ0v) is 42.5. The number of benzene rings is 9. The molecule has 0 spiro atoms. The highest BCUT2D eigenvalue weighted by molar-refractivity contribution is 9.10. The minimum Gasteiger partial charge on any atom is -0.309 e. The Morgan fingerprint density at radius 1 is 0.313 bits per heavy atom. The van der Waals surface area contributed by atoms with Crippen LogP contribution in [0.1, 0.15) is 58.2 Å². The van der Waals surface area contributed by atoms with Crippen LogP contribution in [0.4, 0.5) is 34.1 Å². The largest absolute Gasteiger partial charge is 0.309 e. The van der Waals surface area contributed by atoms with Gasteiger partial charge in [-0.3, -0.25) is 0 Å². The summed E-state index contributed by atoms with van der Waals surface area (Å²) in [4.78, 5) is 4.97. The minimum absolute atomic E-state index is 0.109. The molecule has 2 nitrogen and oxygen atoms in total. The van der Waals surface area contributed by atoms with Crippen LogP contribution in [-0.2, 0) is 10.8 Å². The lowest BCUT2D eigenvalue weighted by molar-refractivity contribution is 0.590. The molecule has 0 aliphatic rings. The van der Waals surface area contributed by atoms with Crippen molar-refractivity contribution in [3.63, 3.8) is 0 Å². The molecule has 0 heterocycles. The van der Waals surface area contributed by atoms with Crippen LogP contribution in [0.3, 0.4) is 0 Å². The minimum atomic E-state index is -0.109. The van der Waals surface area contributed by atoms with E-state index in [4.69, 9.17) is 0 Å². The van der Waals surface area contributed by atoms with Crippen molar-refractivity contribution in [1.29, 1.82) is 0 Å². The molecule has 0 radical (unpaired) electrons. The van der Waals surface area contributed by atoms with Crippen LogP contribution in [-0.4, -0.2) is 0 Å². The first-order valence-corrected chi connectivity index (χ1v) is 24.6. The van der Waals surface area contributed by atoms with Crippen LogP contribution in [0.2, 0.25) is 0 Å². The Morgan fingerprint density at radius 2 is 0.612 bits per heavy atom. The molecule has 0 aliphatic carbocycles. The van der Waals surface area contributed by atoms with Crippen LogP contribution in [0, 0.1) is 6.92 Å². The molecule has 9 rings (SSSR count). The van der Waals surface area contributed by atoms with Gasteiger partial charge in [-0.2, -0.15) is 0 Å². The molecule has 9 aromatic rings. The SMILES string of the molecule is Cc1cc(N(c2cccc(Br)c2)c2c(-c3ccccc3)cc(C(C)(C)C)cc2-c2ccccc2)cc(N(c2cccc(Br)c2)c2c(-c3ccccc3)cc(C(C)(C)C)cc2-c2ccccc2)c1. The summed E-state index contributed by atoms with van der Waals surface area (Å²) in [5.74, 6) is 0. The molecule has 9 aromatic carbocycles. The van der Waals surface area contributed by atoms with E-state index in [-0.39, 0.29) is 10.8 Å². The van der Waals surface area contributed by atoms with Crippen molar-refractivity contribution in [3.05, 3.63) is 238 Å². The molecule has 4 heteroatoms. The van der Waals surface area contributed by atoms with E-state index in [1.807, 2.05) is 0 Å². The number of hydrogen-bond donors (Lipinski definition) is 0. The van der Waals surface area contributed by atoms with Crippen molar-refractivity contribution in [1.82, 2.24) is 0 Å². The van der Waals surface area contributed by atoms with E-state index < -0.39 is 0 Å². The second-order valence-electron chi connectivity index (χ2n) is 19.5. The second kappa shape index (κ2) is 19.0. The highest BCUT2D eigenvalue weighted by Crippen LogP contribution is 2.53. The Morgan fingerprint density at radius 3 is 0.881 bits per heavy atom. The van der Waals surface area contributed by atoms with Crippen molar-refractivity contribution in [2.45, 2.75) is 59.3 Å². The first-order chi connectivity index (χ1) is 32.2. The van der Waals surface area contributed by atoms with Crippen molar-refractivity contribution >= 4 is 66.0 Å². The molecule has 0 fully saturated rings. The molecular formula is C63H56Br2N2. The Labute approximate surface area is 414 Å². The fraction of sp³-hybridized carbons (Fsp3) is 0.143. The normalized spacial score (nSPS) is 11.7. The van der Waals surface area contributed by atoms with Gasteiger partial charge >= 0.3 is 0 Å². The quantitative estimate of drug-likeness (QED) is 0.135. The molecule has 332 valence electrons. The number of anilines is 6. The summed E-state index contributed by atoms with van der Waals surface area (Å²) in [7, 11) is 0. The zero-order valence-electron chi connectivity index (χ0n) is 39.4. The fourth-order valence-electron chi connectivity index (χ4n) is 9.01. The predicted molar refractivity (Wildman–Crippen MR) is 295 cm³/mol. The summed E-state index contributed by atoms with van der Waals surface area (Å²) in [5.41, 5.74) is 19.1. The Balaban J connectivity index is 1.41. The maximum atomic E-state index is 3.90. The Bertz CT molecular complexity index is 2830. The molecule has 0 aliphatic heterocycles. The van der Waals surface area contributed by atoms with Gasteiger partial charge in [0.2, 0.25) is 0 Å². The second-order valence-corrected chi connectivity index (χ2v) is 21.3. The lowest BCUT2D eigenvalue weighted by atomic mass is 9.81. The van der Waals surface area contributed by atoms with E-state index in [0.29, 0.717) is 0 Å². The first kappa shape index (κ1) is 45.7. The van der Waals surface area contributed by atoms with Gasteiger partial charge < -0.3 is 9.80 Å². The van der Waals surface area contributed by atoms with E-state index >= 15 is 0 Å². The van der Waals surface area contributed by atoms with Crippen molar-refractivity contribution in [2.75, 3.05) is 9.80 Å². The molecule has 0 bridgehead atoms. The summed E-state index contributed by atoms with van der Waals surface area (Å²) in [5, 5.41) is 0. The molecule has 0 atom stereocenters. The topological polar surface area (TPSA) is 6.48 Å². The van der Waals surface area contributed by atoms with Crippen LogP contribution >= 0.6 is 31.9 Å². The van der Waals surface area contributed by atoms with E-state index in [1.165, 1.54) is 11.1 Å². The number of halogens is 2. The van der Waals surface area contributed by atoms with Gasteiger partial charge in [0.25, 0.3) is 0 Å². The van der Waals surface area contributed by atoms with Gasteiger partial charge in [0.05, 0.1) is 11.4 Å². The van der Waals surface area contributed by atoms with Crippen LogP contribution in [0.15, 0.2) is 221 Å². The molecule has 67 heavy (non-hydrogen) atoms. The Kier molecular flexibility index (Phi) is 13.0. The summed E-state index contributed by atoms with van der Waals surface area (Å²) in [6.07, 6.45) is 0. The number of rotatable bonds is 10. The molecule has 0 aromatic heterocycles. The maximum Gasteiger partial charge on any atom is 0.0618 e. The summed E-state index contributed by atoms with van der Waals surface area (Å²) < 4.78 is 2.01. The third-order valence-electron chi connectivity index (χ3n) is 12.4. The monoisotopic (exact) mass is 998 g/mol. The van der Waals surface area contributed by atoms with Gasteiger partial charge in [-0.1, -0.05) is 207 Å². The summed E-state index contributed by atoms with van der Waals surface area (Å²) >= 11 is 7.80. The summed E-state index contributed by atoms with van der Waals surface area (Å²) in [6, 6.07) is 77.7. The highest BCUT2D eigenvalue weighted by Gasteiger charge is 2.30. The molecule has 0 N–H and O–H groups in total. The molecular weight excluding hydrogens is 945 g/mol. The molecule has 0 saturated heterocycles. The first-order valence-electron chi connectivity index (χ1n) is 23.0. The predicted octanol–water partition coefficient (Wildman–Crippen LogP) is 19.7.